The van der Waals surface area contributed by atoms with Crippen LogP contribution < -0.4 is 4.74 Å². The van der Waals surface area contributed by atoms with Gasteiger partial charge in [0.2, 0.25) is 5.91 Å². The Kier molecular flexibility index (Phi) is 6.71. The number of ether oxygens (including phenoxy) is 1. The van der Waals surface area contributed by atoms with Crippen molar-refractivity contribution >= 4 is 22.5 Å². The summed E-state index contributed by atoms with van der Waals surface area (Å²) in [5.41, 5.74) is 6.60. The smallest absolute Gasteiger partial charge is 0.236 e. The molecule has 0 radical (unpaired) electrons. The molecule has 0 unspecified atom stereocenters. The number of aryl methyl sites for hydroxylation is 1. The number of likely N-dealkylation sites (N-methyl/N-ethyl adjacent to an activating group) is 1. The molecule has 0 aliphatic carbocycles. The average molecular weight is 489 g/mol. The van der Waals surface area contributed by atoms with Gasteiger partial charge in [0.15, 0.2) is 5.65 Å². The van der Waals surface area contributed by atoms with Gasteiger partial charge in [-0.2, -0.15) is 5.10 Å². The summed E-state index contributed by atoms with van der Waals surface area (Å²) < 4.78 is 8.14. The van der Waals surface area contributed by atoms with Crippen molar-refractivity contribution in [2.45, 2.75) is 39.5 Å². The lowest BCUT2D eigenvalue weighted by Crippen LogP contribution is -2.41. The van der Waals surface area contributed by atoms with Crippen molar-refractivity contribution in [2.24, 2.45) is 5.92 Å². The van der Waals surface area contributed by atoms with Crippen LogP contribution in [0.2, 0.25) is 0 Å². The second kappa shape index (κ2) is 9.93. The summed E-state index contributed by atoms with van der Waals surface area (Å²) in [5.74, 6) is 1.92. The SMILES string of the molecule is Cc1cc(-c2[nH]c3ccc(OCC4CCN(CC(=O)N(C)C)CC4)cc3c2C(C)C)cn2ncnc12. The van der Waals surface area contributed by atoms with Crippen LogP contribution in [0.4, 0.5) is 0 Å². The molecule has 1 amide bonds. The lowest BCUT2D eigenvalue weighted by molar-refractivity contribution is -0.130. The molecule has 0 saturated carbocycles. The number of benzene rings is 1. The first-order valence-corrected chi connectivity index (χ1v) is 12.8. The number of hydrogen-bond acceptors (Lipinski definition) is 5. The number of aromatic nitrogens is 4. The highest BCUT2D eigenvalue weighted by molar-refractivity contribution is 5.92. The quantitative estimate of drug-likeness (QED) is 0.415. The Morgan fingerprint density at radius 3 is 2.72 bits per heavy atom. The largest absolute Gasteiger partial charge is 0.493 e. The summed E-state index contributed by atoms with van der Waals surface area (Å²) in [5, 5.41) is 5.55. The Balaban J connectivity index is 1.32. The Bertz CT molecular complexity index is 1380. The molecule has 8 nitrogen and oxygen atoms in total. The fraction of sp³-hybridized carbons (Fsp3) is 0.464. The minimum absolute atomic E-state index is 0.168. The van der Waals surface area contributed by atoms with Crippen molar-refractivity contribution in [1.29, 1.82) is 0 Å². The van der Waals surface area contributed by atoms with Gasteiger partial charge in [-0.1, -0.05) is 13.8 Å². The Morgan fingerprint density at radius 2 is 2.00 bits per heavy atom. The molecule has 5 rings (SSSR count). The monoisotopic (exact) mass is 488 g/mol. The molecule has 1 saturated heterocycles. The van der Waals surface area contributed by atoms with E-state index in [9.17, 15) is 4.79 Å². The first kappa shape index (κ1) is 24.3. The number of nitrogens with zero attached hydrogens (tertiary/aromatic N) is 5. The summed E-state index contributed by atoms with van der Waals surface area (Å²) in [6.45, 7) is 9.64. The summed E-state index contributed by atoms with van der Waals surface area (Å²) >= 11 is 0. The van der Waals surface area contributed by atoms with E-state index in [2.05, 4.69) is 65.0 Å². The van der Waals surface area contributed by atoms with Gasteiger partial charge < -0.3 is 14.6 Å². The molecular formula is C28H36N6O2. The van der Waals surface area contributed by atoms with E-state index in [1.165, 1.54) is 10.9 Å². The van der Waals surface area contributed by atoms with Gasteiger partial charge in [-0.25, -0.2) is 9.50 Å². The maximum Gasteiger partial charge on any atom is 0.236 e. The molecule has 0 spiro atoms. The number of nitrogens with one attached hydrogen (secondary N) is 1. The Morgan fingerprint density at radius 1 is 1.22 bits per heavy atom. The van der Waals surface area contributed by atoms with Crippen LogP contribution in [-0.2, 0) is 4.79 Å². The van der Waals surface area contributed by atoms with Gasteiger partial charge in [-0.3, -0.25) is 9.69 Å². The number of carbonyl (C=O) groups excluding carboxylic acids is 1. The van der Waals surface area contributed by atoms with Gasteiger partial charge in [0.1, 0.15) is 12.1 Å². The molecular weight excluding hydrogens is 452 g/mol. The molecule has 190 valence electrons. The minimum atomic E-state index is 0.168. The fourth-order valence-corrected chi connectivity index (χ4v) is 5.20. The Labute approximate surface area is 212 Å². The normalized spacial score (nSPS) is 15.3. The number of fused-ring (bicyclic) bond motifs is 2. The van der Waals surface area contributed by atoms with Crippen molar-refractivity contribution in [3.8, 4) is 17.0 Å². The van der Waals surface area contributed by atoms with Gasteiger partial charge in [0, 0.05) is 36.8 Å². The maximum atomic E-state index is 12.0. The standard InChI is InChI=1S/C28H36N6O2/c1-18(2)26-23-13-22(36-16-20-8-10-33(11-9-20)15-25(35)32(4)5)6-7-24(23)31-27(26)21-12-19(3)28-29-17-30-34(28)14-21/h6-7,12-14,17-18,20,31H,8-11,15-16H2,1-5H3. The summed E-state index contributed by atoms with van der Waals surface area (Å²) in [6.07, 6.45) is 5.75. The predicted octanol–water partition coefficient (Wildman–Crippen LogP) is 4.49. The van der Waals surface area contributed by atoms with Gasteiger partial charge in [0.25, 0.3) is 0 Å². The number of amides is 1. The van der Waals surface area contributed by atoms with E-state index in [1.807, 2.05) is 24.8 Å². The zero-order valence-corrected chi connectivity index (χ0v) is 21.9. The molecule has 3 aromatic heterocycles. The van der Waals surface area contributed by atoms with Crippen LogP contribution in [0.15, 0.2) is 36.8 Å². The number of pyridine rings is 1. The molecule has 8 heteroatoms. The van der Waals surface area contributed by atoms with E-state index in [0.717, 1.165) is 59.7 Å². The van der Waals surface area contributed by atoms with Crippen LogP contribution in [-0.4, -0.2) is 75.6 Å². The number of rotatable bonds is 7. The van der Waals surface area contributed by atoms with E-state index in [1.54, 1.807) is 11.2 Å². The highest BCUT2D eigenvalue weighted by Crippen LogP contribution is 2.37. The van der Waals surface area contributed by atoms with E-state index in [-0.39, 0.29) is 5.91 Å². The number of hydrogen-bond donors (Lipinski definition) is 1. The van der Waals surface area contributed by atoms with Gasteiger partial charge in [-0.05, 0) is 80.1 Å². The molecule has 1 aliphatic rings. The third-order valence-electron chi connectivity index (χ3n) is 7.29. The average Bonchev–Trinajstić information content (AvgIpc) is 3.48. The lowest BCUT2D eigenvalue weighted by Gasteiger charge is -2.31. The number of H-pyrrole nitrogens is 1. The first-order chi connectivity index (χ1) is 17.3. The highest BCUT2D eigenvalue weighted by Gasteiger charge is 2.22. The van der Waals surface area contributed by atoms with Crippen molar-refractivity contribution in [3.63, 3.8) is 0 Å². The van der Waals surface area contributed by atoms with Crippen molar-refractivity contribution in [3.05, 3.63) is 47.9 Å². The maximum absolute atomic E-state index is 12.0. The van der Waals surface area contributed by atoms with Crippen LogP contribution >= 0.6 is 0 Å². The first-order valence-electron chi connectivity index (χ1n) is 12.8. The molecule has 4 heterocycles. The minimum Gasteiger partial charge on any atom is -0.493 e. The number of aromatic amines is 1. The second-order valence-corrected chi connectivity index (χ2v) is 10.5. The number of piperidine rings is 1. The molecule has 1 fully saturated rings. The lowest BCUT2D eigenvalue weighted by atomic mass is 9.96. The second-order valence-electron chi connectivity index (χ2n) is 10.5. The van der Waals surface area contributed by atoms with Crippen LogP contribution in [0.3, 0.4) is 0 Å². The summed E-state index contributed by atoms with van der Waals surface area (Å²) in [7, 11) is 3.63. The molecule has 36 heavy (non-hydrogen) atoms. The van der Waals surface area contributed by atoms with Gasteiger partial charge in [-0.15, -0.1) is 0 Å². The molecule has 1 N–H and O–H groups in total. The zero-order valence-electron chi connectivity index (χ0n) is 21.9. The molecule has 1 aromatic carbocycles. The highest BCUT2D eigenvalue weighted by atomic mass is 16.5. The van der Waals surface area contributed by atoms with Crippen LogP contribution in [0.1, 0.15) is 43.7 Å². The molecule has 0 atom stereocenters. The number of carbonyl (C=O) groups is 1. The van der Waals surface area contributed by atoms with Crippen LogP contribution in [0.5, 0.6) is 5.75 Å². The van der Waals surface area contributed by atoms with Gasteiger partial charge >= 0.3 is 0 Å². The van der Waals surface area contributed by atoms with Crippen molar-refractivity contribution in [2.75, 3.05) is 40.3 Å². The van der Waals surface area contributed by atoms with E-state index in [0.29, 0.717) is 25.0 Å². The molecule has 1 aliphatic heterocycles. The Hall–Kier alpha value is -3.39. The number of likely N-dealkylation sites (tertiary alicyclic amines) is 1. The van der Waals surface area contributed by atoms with E-state index in [4.69, 9.17) is 4.74 Å². The third-order valence-corrected chi connectivity index (χ3v) is 7.29. The molecule has 0 bridgehead atoms. The molecule has 4 aromatic rings. The zero-order chi connectivity index (χ0) is 25.4. The predicted molar refractivity (Wildman–Crippen MR) is 142 cm³/mol. The van der Waals surface area contributed by atoms with Crippen molar-refractivity contribution in [1.82, 2.24) is 29.4 Å². The summed E-state index contributed by atoms with van der Waals surface area (Å²) in [6, 6.07) is 8.53. The van der Waals surface area contributed by atoms with Gasteiger partial charge in [0.05, 0.1) is 18.8 Å². The van der Waals surface area contributed by atoms with Crippen molar-refractivity contribution < 1.29 is 9.53 Å². The summed E-state index contributed by atoms with van der Waals surface area (Å²) in [4.78, 5) is 23.9. The third kappa shape index (κ3) is 4.82. The van der Waals surface area contributed by atoms with E-state index >= 15 is 0 Å². The topological polar surface area (TPSA) is 78.8 Å². The van der Waals surface area contributed by atoms with E-state index < -0.39 is 0 Å². The van der Waals surface area contributed by atoms with Crippen LogP contribution in [0.25, 0.3) is 27.8 Å². The van der Waals surface area contributed by atoms with Crippen LogP contribution in [0, 0.1) is 12.8 Å². The fourth-order valence-electron chi connectivity index (χ4n) is 5.20.